The molecular weight excluding hydrogens is 380 g/mol. The summed E-state index contributed by atoms with van der Waals surface area (Å²) < 4.78 is 16.5. The zero-order chi connectivity index (χ0) is 20.3. The Labute approximate surface area is 173 Å². The maximum Gasteiger partial charge on any atom is 0.251 e. The second kappa shape index (κ2) is 7.91. The number of hydrogen-bond acceptors (Lipinski definition) is 5. The fourth-order valence-electron chi connectivity index (χ4n) is 3.45. The Kier molecular flexibility index (Phi) is 4.81. The van der Waals surface area contributed by atoms with Crippen LogP contribution in [0.2, 0.25) is 0 Å². The molecule has 1 N–H and O–H groups in total. The number of fused-ring (bicyclic) bond motifs is 2. The van der Waals surface area contributed by atoms with Crippen molar-refractivity contribution < 1.29 is 18.7 Å². The molecule has 5 rings (SSSR count). The van der Waals surface area contributed by atoms with Gasteiger partial charge in [-0.05, 0) is 47.9 Å². The molecule has 30 heavy (non-hydrogen) atoms. The number of carbonyl (C=O) groups excluding carboxylic acids is 1. The van der Waals surface area contributed by atoms with Crippen molar-refractivity contribution in [2.24, 2.45) is 0 Å². The highest BCUT2D eigenvalue weighted by Gasteiger charge is 2.14. The van der Waals surface area contributed by atoms with Gasteiger partial charge in [0.1, 0.15) is 5.52 Å². The minimum Gasteiger partial charge on any atom is -0.454 e. The van der Waals surface area contributed by atoms with E-state index >= 15 is 0 Å². The van der Waals surface area contributed by atoms with Crippen LogP contribution in [0.5, 0.6) is 11.5 Å². The fourth-order valence-corrected chi connectivity index (χ4v) is 3.45. The van der Waals surface area contributed by atoms with Gasteiger partial charge in [-0.25, -0.2) is 4.98 Å². The molecule has 0 saturated heterocycles. The predicted octanol–water partition coefficient (Wildman–Crippen LogP) is 4.27. The maximum atomic E-state index is 12.6. The molecular formula is C24H20N2O4. The number of rotatable bonds is 6. The van der Waals surface area contributed by atoms with E-state index in [4.69, 9.17) is 13.9 Å². The lowest BCUT2D eigenvalue weighted by molar-refractivity contribution is 0.0951. The molecule has 1 aromatic heterocycles. The van der Waals surface area contributed by atoms with Crippen molar-refractivity contribution in [1.29, 1.82) is 0 Å². The third-order valence-corrected chi connectivity index (χ3v) is 5.05. The van der Waals surface area contributed by atoms with Gasteiger partial charge in [0.2, 0.25) is 6.79 Å². The van der Waals surface area contributed by atoms with Gasteiger partial charge in [0.15, 0.2) is 23.0 Å². The van der Waals surface area contributed by atoms with Gasteiger partial charge in [-0.15, -0.1) is 0 Å². The molecule has 4 aromatic rings. The number of nitrogens with one attached hydrogen (secondary N) is 1. The normalized spacial score (nSPS) is 12.3. The molecule has 150 valence electrons. The van der Waals surface area contributed by atoms with E-state index in [0.717, 1.165) is 17.7 Å². The second-order valence-electron chi connectivity index (χ2n) is 7.15. The van der Waals surface area contributed by atoms with Gasteiger partial charge < -0.3 is 19.2 Å². The number of benzene rings is 3. The zero-order valence-corrected chi connectivity index (χ0v) is 16.3. The van der Waals surface area contributed by atoms with E-state index in [1.165, 1.54) is 5.56 Å². The number of hydrogen-bond donors (Lipinski definition) is 1. The number of aromatic nitrogens is 1. The van der Waals surface area contributed by atoms with Crippen molar-refractivity contribution in [3.8, 4) is 11.5 Å². The lowest BCUT2D eigenvalue weighted by atomic mass is 10.1. The molecule has 1 aliphatic rings. The fraction of sp³-hybridized carbons (Fsp3) is 0.167. The molecule has 1 amide bonds. The van der Waals surface area contributed by atoms with E-state index in [9.17, 15) is 4.79 Å². The van der Waals surface area contributed by atoms with Gasteiger partial charge in [0.25, 0.3) is 5.91 Å². The van der Waals surface area contributed by atoms with E-state index in [0.29, 0.717) is 41.3 Å². The highest BCUT2D eigenvalue weighted by molar-refractivity contribution is 5.97. The number of carbonyl (C=O) groups is 1. The summed E-state index contributed by atoms with van der Waals surface area (Å²) in [7, 11) is 0. The number of aryl methyl sites for hydroxylation is 2. The van der Waals surface area contributed by atoms with E-state index in [1.54, 1.807) is 18.2 Å². The van der Waals surface area contributed by atoms with Crippen LogP contribution in [0.25, 0.3) is 11.1 Å². The first-order chi connectivity index (χ1) is 14.7. The van der Waals surface area contributed by atoms with Gasteiger partial charge in [0.05, 0.1) is 0 Å². The van der Waals surface area contributed by atoms with E-state index in [2.05, 4.69) is 22.4 Å². The van der Waals surface area contributed by atoms with Gasteiger partial charge in [-0.3, -0.25) is 4.79 Å². The Morgan fingerprint density at radius 1 is 0.900 bits per heavy atom. The lowest BCUT2D eigenvalue weighted by Gasteiger charge is -2.06. The smallest absolute Gasteiger partial charge is 0.251 e. The molecule has 0 saturated carbocycles. The topological polar surface area (TPSA) is 73.6 Å². The van der Waals surface area contributed by atoms with Crippen molar-refractivity contribution in [1.82, 2.24) is 10.3 Å². The second-order valence-corrected chi connectivity index (χ2v) is 7.15. The Balaban J connectivity index is 1.24. The summed E-state index contributed by atoms with van der Waals surface area (Å²) in [6.07, 6.45) is 1.57. The van der Waals surface area contributed by atoms with Crippen LogP contribution in [0.15, 0.2) is 71.1 Å². The highest BCUT2D eigenvalue weighted by atomic mass is 16.7. The monoisotopic (exact) mass is 400 g/mol. The Morgan fingerprint density at radius 2 is 1.77 bits per heavy atom. The summed E-state index contributed by atoms with van der Waals surface area (Å²) in [4.78, 5) is 17.1. The number of ether oxygens (including phenoxy) is 2. The van der Waals surface area contributed by atoms with Crippen molar-refractivity contribution in [2.45, 2.75) is 19.4 Å². The molecule has 0 atom stereocenters. The van der Waals surface area contributed by atoms with Crippen molar-refractivity contribution in [3.05, 3.63) is 89.3 Å². The van der Waals surface area contributed by atoms with Gasteiger partial charge in [-0.1, -0.05) is 36.4 Å². The third-order valence-electron chi connectivity index (χ3n) is 5.05. The van der Waals surface area contributed by atoms with E-state index in [-0.39, 0.29) is 12.7 Å². The summed E-state index contributed by atoms with van der Waals surface area (Å²) in [6, 6.07) is 21.2. The number of nitrogens with zero attached hydrogens (tertiary/aromatic N) is 1. The summed E-state index contributed by atoms with van der Waals surface area (Å²) in [5.74, 6) is 1.94. The van der Waals surface area contributed by atoms with Gasteiger partial charge in [0, 0.05) is 18.5 Å². The van der Waals surface area contributed by atoms with Crippen LogP contribution in [-0.2, 0) is 19.4 Å². The molecule has 1 aliphatic heterocycles. The molecule has 0 spiro atoms. The average molecular weight is 400 g/mol. The molecule has 0 unspecified atom stereocenters. The molecule has 3 aromatic carbocycles. The lowest BCUT2D eigenvalue weighted by Crippen LogP contribution is -2.22. The summed E-state index contributed by atoms with van der Waals surface area (Å²) in [5.41, 5.74) is 4.10. The van der Waals surface area contributed by atoms with Crippen LogP contribution < -0.4 is 14.8 Å². The SMILES string of the molecule is O=C(NCc1ccc2c(c1)OCO2)c1ccc2oc(CCc3ccccc3)nc2c1. The first-order valence-electron chi connectivity index (χ1n) is 9.85. The summed E-state index contributed by atoms with van der Waals surface area (Å²) in [6.45, 7) is 0.630. The van der Waals surface area contributed by atoms with Gasteiger partial charge in [-0.2, -0.15) is 0 Å². The first-order valence-corrected chi connectivity index (χ1v) is 9.85. The van der Waals surface area contributed by atoms with Crippen LogP contribution in [0, 0.1) is 0 Å². The molecule has 0 radical (unpaired) electrons. The highest BCUT2D eigenvalue weighted by Crippen LogP contribution is 2.32. The largest absolute Gasteiger partial charge is 0.454 e. The number of amides is 1. The van der Waals surface area contributed by atoms with Crippen LogP contribution >= 0.6 is 0 Å². The van der Waals surface area contributed by atoms with Crippen LogP contribution in [0.1, 0.15) is 27.4 Å². The first kappa shape index (κ1) is 18.2. The minimum absolute atomic E-state index is 0.164. The maximum absolute atomic E-state index is 12.6. The van der Waals surface area contributed by atoms with E-state index < -0.39 is 0 Å². The average Bonchev–Trinajstić information content (AvgIpc) is 3.42. The van der Waals surface area contributed by atoms with E-state index in [1.807, 2.05) is 36.4 Å². The Hall–Kier alpha value is -3.80. The van der Waals surface area contributed by atoms with Crippen LogP contribution in [0.3, 0.4) is 0 Å². The molecule has 0 bridgehead atoms. The van der Waals surface area contributed by atoms with Crippen LogP contribution in [0.4, 0.5) is 0 Å². The van der Waals surface area contributed by atoms with Crippen molar-refractivity contribution in [3.63, 3.8) is 0 Å². The van der Waals surface area contributed by atoms with Crippen LogP contribution in [-0.4, -0.2) is 17.7 Å². The quantitative estimate of drug-likeness (QED) is 0.523. The zero-order valence-electron chi connectivity index (χ0n) is 16.3. The summed E-state index contributed by atoms with van der Waals surface area (Å²) >= 11 is 0. The number of oxazole rings is 1. The molecule has 0 fully saturated rings. The third kappa shape index (κ3) is 3.85. The summed E-state index contributed by atoms with van der Waals surface area (Å²) in [5, 5.41) is 2.93. The van der Waals surface area contributed by atoms with Crippen molar-refractivity contribution >= 4 is 17.0 Å². The van der Waals surface area contributed by atoms with Crippen molar-refractivity contribution in [2.75, 3.05) is 6.79 Å². The Bertz CT molecular complexity index is 1200. The van der Waals surface area contributed by atoms with Gasteiger partial charge >= 0.3 is 0 Å². The molecule has 6 heteroatoms. The molecule has 2 heterocycles. The standard InChI is InChI=1S/C24H20N2O4/c27-24(25-14-17-6-9-21-22(12-17)29-15-28-21)18-8-10-20-19(13-18)26-23(30-20)11-7-16-4-2-1-3-5-16/h1-6,8-10,12-13H,7,11,14-15H2,(H,25,27). The minimum atomic E-state index is -0.164. The Morgan fingerprint density at radius 3 is 2.67 bits per heavy atom. The molecule has 0 aliphatic carbocycles. The predicted molar refractivity (Wildman–Crippen MR) is 112 cm³/mol. The molecule has 6 nitrogen and oxygen atoms in total.